The van der Waals surface area contributed by atoms with Gasteiger partial charge < -0.3 is 9.80 Å². The molecule has 1 N–H and O–H groups in total. The number of hydrogen-bond acceptors (Lipinski definition) is 3. The highest BCUT2D eigenvalue weighted by atomic mass is 16.2. The van der Waals surface area contributed by atoms with Crippen molar-refractivity contribution in [1.29, 1.82) is 0 Å². The third-order valence-electron chi connectivity index (χ3n) is 3.22. The lowest BCUT2D eigenvalue weighted by Gasteiger charge is -2.23. The quantitative estimate of drug-likeness (QED) is 0.881. The van der Waals surface area contributed by atoms with E-state index in [1.807, 2.05) is 21.0 Å². The number of anilines is 1. The highest BCUT2D eigenvalue weighted by Gasteiger charge is 2.17. The fourth-order valence-corrected chi connectivity index (χ4v) is 1.99. The van der Waals surface area contributed by atoms with Crippen molar-refractivity contribution < 1.29 is 4.79 Å². The zero-order valence-corrected chi connectivity index (χ0v) is 12.8. The Kier molecular flexibility index (Phi) is 5.36. The first kappa shape index (κ1) is 15.5. The van der Waals surface area contributed by atoms with Crippen molar-refractivity contribution in [2.24, 2.45) is 0 Å². The summed E-state index contributed by atoms with van der Waals surface area (Å²) in [6.45, 7) is 3.97. The zero-order chi connectivity index (χ0) is 14.6. The molecule has 0 aliphatic carbocycles. The molecule has 1 amide bonds. The normalized spacial score (nSPS) is 13.8. The van der Waals surface area contributed by atoms with Gasteiger partial charge >= 0.3 is 0 Å². The van der Waals surface area contributed by atoms with E-state index in [1.165, 1.54) is 11.3 Å². The van der Waals surface area contributed by atoms with Crippen LogP contribution in [0.1, 0.15) is 25.5 Å². The van der Waals surface area contributed by atoms with E-state index < -0.39 is 0 Å². The average molecular weight is 263 g/mol. The third kappa shape index (κ3) is 4.24. The molecule has 1 aromatic carbocycles. The van der Waals surface area contributed by atoms with Crippen molar-refractivity contribution >= 4 is 11.6 Å². The second-order valence-electron chi connectivity index (χ2n) is 5.33. The highest BCUT2D eigenvalue weighted by molar-refractivity contribution is 5.80. The molecule has 0 aromatic heterocycles. The van der Waals surface area contributed by atoms with Gasteiger partial charge in [-0.3, -0.25) is 10.1 Å². The molecule has 0 aliphatic heterocycles. The van der Waals surface area contributed by atoms with E-state index >= 15 is 0 Å². The molecule has 0 aliphatic rings. The topological polar surface area (TPSA) is 35.6 Å². The van der Waals surface area contributed by atoms with Gasteiger partial charge in [0.25, 0.3) is 0 Å². The van der Waals surface area contributed by atoms with E-state index in [9.17, 15) is 4.79 Å². The van der Waals surface area contributed by atoms with Crippen molar-refractivity contribution in [3.8, 4) is 0 Å². The summed E-state index contributed by atoms with van der Waals surface area (Å²) in [6.07, 6.45) is 0. The molecule has 1 aromatic rings. The fraction of sp³-hybridized carbons (Fsp3) is 0.533. The Morgan fingerprint density at radius 1 is 1.05 bits per heavy atom. The van der Waals surface area contributed by atoms with Crippen LogP contribution in [0.4, 0.5) is 5.69 Å². The Hall–Kier alpha value is -1.55. The first-order chi connectivity index (χ1) is 8.82. The van der Waals surface area contributed by atoms with Gasteiger partial charge in [0.2, 0.25) is 5.91 Å². The summed E-state index contributed by atoms with van der Waals surface area (Å²) in [4.78, 5) is 15.5. The molecule has 106 valence electrons. The molecule has 19 heavy (non-hydrogen) atoms. The van der Waals surface area contributed by atoms with Crippen molar-refractivity contribution in [3.05, 3.63) is 29.8 Å². The van der Waals surface area contributed by atoms with Gasteiger partial charge in [-0.15, -0.1) is 0 Å². The molecular weight excluding hydrogens is 238 g/mol. The van der Waals surface area contributed by atoms with Crippen molar-refractivity contribution in [1.82, 2.24) is 10.2 Å². The SMILES string of the molecule is CC(NC(C)c1ccc(N(C)C)cc1)C(=O)N(C)C. The largest absolute Gasteiger partial charge is 0.378 e. The van der Waals surface area contributed by atoms with Crippen molar-refractivity contribution in [3.63, 3.8) is 0 Å². The van der Waals surface area contributed by atoms with E-state index in [0.717, 1.165) is 0 Å². The van der Waals surface area contributed by atoms with Crippen LogP contribution in [0.25, 0.3) is 0 Å². The van der Waals surface area contributed by atoms with Gasteiger partial charge in [-0.1, -0.05) is 12.1 Å². The number of likely N-dealkylation sites (N-methyl/N-ethyl adjacent to an activating group) is 1. The van der Waals surface area contributed by atoms with E-state index in [-0.39, 0.29) is 18.0 Å². The fourth-order valence-electron chi connectivity index (χ4n) is 1.99. The number of nitrogens with one attached hydrogen (secondary N) is 1. The Bertz CT molecular complexity index is 412. The molecule has 0 saturated heterocycles. The summed E-state index contributed by atoms with van der Waals surface area (Å²) >= 11 is 0. The van der Waals surface area contributed by atoms with Gasteiger partial charge in [-0.2, -0.15) is 0 Å². The highest BCUT2D eigenvalue weighted by Crippen LogP contribution is 2.18. The van der Waals surface area contributed by atoms with Crippen molar-refractivity contribution in [2.45, 2.75) is 25.9 Å². The number of nitrogens with zero attached hydrogens (tertiary/aromatic N) is 2. The molecular formula is C15H25N3O. The van der Waals surface area contributed by atoms with E-state index in [4.69, 9.17) is 0 Å². The predicted octanol–water partition coefficient (Wildman–Crippen LogP) is 1.88. The summed E-state index contributed by atoms with van der Waals surface area (Å²) in [6, 6.07) is 8.34. The molecule has 0 spiro atoms. The van der Waals surface area contributed by atoms with Gasteiger partial charge in [0.05, 0.1) is 6.04 Å². The maximum absolute atomic E-state index is 11.8. The first-order valence-electron chi connectivity index (χ1n) is 6.57. The minimum Gasteiger partial charge on any atom is -0.378 e. The molecule has 4 nitrogen and oxygen atoms in total. The van der Waals surface area contributed by atoms with Crippen LogP contribution in [0.15, 0.2) is 24.3 Å². The summed E-state index contributed by atoms with van der Waals surface area (Å²) in [7, 11) is 7.59. The molecule has 1 rings (SSSR count). The zero-order valence-electron chi connectivity index (χ0n) is 12.8. The Balaban J connectivity index is 2.67. The third-order valence-corrected chi connectivity index (χ3v) is 3.22. The summed E-state index contributed by atoms with van der Waals surface area (Å²) in [5.74, 6) is 0.0942. The molecule has 0 saturated carbocycles. The number of rotatable bonds is 5. The van der Waals surface area contributed by atoms with Crippen LogP contribution in [-0.4, -0.2) is 45.0 Å². The molecule has 0 radical (unpaired) electrons. The Morgan fingerprint density at radius 3 is 2.00 bits per heavy atom. The summed E-state index contributed by atoms with van der Waals surface area (Å²) in [5, 5.41) is 3.32. The second kappa shape index (κ2) is 6.57. The minimum absolute atomic E-state index is 0.0942. The van der Waals surface area contributed by atoms with Crippen LogP contribution >= 0.6 is 0 Å². The van der Waals surface area contributed by atoms with Gasteiger partial charge in [0, 0.05) is 39.9 Å². The van der Waals surface area contributed by atoms with Crippen LogP contribution in [0.2, 0.25) is 0 Å². The number of carbonyl (C=O) groups is 1. The smallest absolute Gasteiger partial charge is 0.238 e. The number of carbonyl (C=O) groups excluding carboxylic acids is 1. The van der Waals surface area contributed by atoms with Gasteiger partial charge in [0.15, 0.2) is 0 Å². The molecule has 2 atom stereocenters. The number of benzene rings is 1. The van der Waals surface area contributed by atoms with Crippen LogP contribution in [-0.2, 0) is 4.79 Å². The molecule has 4 heteroatoms. The number of amides is 1. The maximum Gasteiger partial charge on any atom is 0.238 e. The minimum atomic E-state index is -0.182. The standard InChI is InChI=1S/C15H25N3O/c1-11(16-12(2)15(19)18(5)6)13-7-9-14(10-8-13)17(3)4/h7-12,16H,1-6H3. The maximum atomic E-state index is 11.8. The Morgan fingerprint density at radius 2 is 1.58 bits per heavy atom. The van der Waals surface area contributed by atoms with Crippen LogP contribution in [0.3, 0.4) is 0 Å². The van der Waals surface area contributed by atoms with Crippen molar-refractivity contribution in [2.75, 3.05) is 33.1 Å². The van der Waals surface area contributed by atoms with E-state index in [2.05, 4.69) is 41.4 Å². The van der Waals surface area contributed by atoms with Gasteiger partial charge in [-0.25, -0.2) is 0 Å². The lowest BCUT2D eigenvalue weighted by molar-refractivity contribution is -0.130. The van der Waals surface area contributed by atoms with Crippen LogP contribution in [0.5, 0.6) is 0 Å². The summed E-state index contributed by atoms with van der Waals surface area (Å²) < 4.78 is 0. The molecule has 0 fully saturated rings. The van der Waals surface area contributed by atoms with Gasteiger partial charge in [-0.05, 0) is 31.5 Å². The van der Waals surface area contributed by atoms with Gasteiger partial charge in [0.1, 0.15) is 0 Å². The molecule has 0 bridgehead atoms. The lowest BCUT2D eigenvalue weighted by Crippen LogP contribution is -2.42. The number of hydrogen-bond donors (Lipinski definition) is 1. The first-order valence-corrected chi connectivity index (χ1v) is 6.57. The Labute approximate surface area is 116 Å². The van der Waals surface area contributed by atoms with E-state index in [1.54, 1.807) is 19.0 Å². The van der Waals surface area contributed by atoms with Crippen LogP contribution < -0.4 is 10.2 Å². The second-order valence-corrected chi connectivity index (χ2v) is 5.33. The molecule has 0 heterocycles. The lowest BCUT2D eigenvalue weighted by atomic mass is 10.1. The summed E-state index contributed by atoms with van der Waals surface area (Å²) in [5.41, 5.74) is 2.36. The monoisotopic (exact) mass is 263 g/mol. The van der Waals surface area contributed by atoms with E-state index in [0.29, 0.717) is 0 Å². The average Bonchev–Trinajstić information content (AvgIpc) is 2.37. The molecule has 2 unspecified atom stereocenters. The van der Waals surface area contributed by atoms with Crippen LogP contribution in [0, 0.1) is 0 Å². The predicted molar refractivity (Wildman–Crippen MR) is 80.5 cm³/mol.